The van der Waals surface area contributed by atoms with Gasteiger partial charge in [-0.3, -0.25) is 9.78 Å². The van der Waals surface area contributed by atoms with E-state index >= 15 is 0 Å². The van der Waals surface area contributed by atoms with Gasteiger partial charge in [0.05, 0.1) is 7.11 Å². The molecule has 0 saturated carbocycles. The first-order chi connectivity index (χ1) is 5.65. The van der Waals surface area contributed by atoms with Gasteiger partial charge < -0.3 is 9.84 Å². The van der Waals surface area contributed by atoms with Crippen LogP contribution in [0.1, 0.15) is 10.4 Å². The van der Waals surface area contributed by atoms with Gasteiger partial charge in [0.2, 0.25) is 5.88 Å². The van der Waals surface area contributed by atoms with Gasteiger partial charge in [0.25, 0.3) is 5.56 Å². The lowest BCUT2D eigenvalue weighted by Crippen LogP contribution is -2.09. The van der Waals surface area contributed by atoms with Gasteiger partial charge >= 0.3 is 5.97 Å². The number of hydrogen-bond donors (Lipinski definition) is 2. The first-order valence-electron chi connectivity index (χ1n) is 3.15. The number of pyridine rings is 1. The zero-order chi connectivity index (χ0) is 9.14. The Labute approximate surface area is 67.6 Å². The molecule has 0 atom stereocenters. The molecule has 2 N–H and O–H groups in total. The van der Waals surface area contributed by atoms with Crippen LogP contribution in [0.25, 0.3) is 0 Å². The molecule has 12 heavy (non-hydrogen) atoms. The second kappa shape index (κ2) is 3.08. The number of nitrogens with one attached hydrogen (secondary N) is 1. The largest absolute Gasteiger partial charge is 0.494 e. The van der Waals surface area contributed by atoms with Crippen molar-refractivity contribution < 1.29 is 14.6 Å². The predicted molar refractivity (Wildman–Crippen MR) is 40.1 cm³/mol. The standard InChI is InChI=1S/C7H7NO4/c1-12-7(11)4-2-3-5(9)8-6(4)10/h2-3H,1H3,(H2,8,9,10). The van der Waals surface area contributed by atoms with E-state index in [0.717, 1.165) is 6.07 Å². The molecule has 0 saturated heterocycles. The summed E-state index contributed by atoms with van der Waals surface area (Å²) in [6.45, 7) is 0. The van der Waals surface area contributed by atoms with Crippen molar-refractivity contribution >= 4 is 5.97 Å². The van der Waals surface area contributed by atoms with Crippen molar-refractivity contribution in [3.05, 3.63) is 28.0 Å². The summed E-state index contributed by atoms with van der Waals surface area (Å²) in [6.07, 6.45) is 0. The fourth-order valence-electron chi connectivity index (χ4n) is 0.738. The van der Waals surface area contributed by atoms with E-state index in [1.165, 1.54) is 13.2 Å². The van der Waals surface area contributed by atoms with E-state index < -0.39 is 17.4 Å². The highest BCUT2D eigenvalue weighted by atomic mass is 16.5. The molecule has 0 aromatic carbocycles. The highest BCUT2D eigenvalue weighted by molar-refractivity contribution is 5.91. The maximum absolute atomic E-state index is 10.8. The SMILES string of the molecule is COC(=O)c1ccc(=O)[nH]c1O. The third-order valence-corrected chi connectivity index (χ3v) is 1.30. The molecule has 64 valence electrons. The molecule has 0 amide bonds. The maximum atomic E-state index is 10.8. The van der Waals surface area contributed by atoms with Gasteiger partial charge in [0, 0.05) is 6.07 Å². The van der Waals surface area contributed by atoms with Gasteiger partial charge in [-0.25, -0.2) is 4.79 Å². The van der Waals surface area contributed by atoms with Gasteiger partial charge in [-0.05, 0) is 6.07 Å². The normalized spacial score (nSPS) is 9.42. The molecule has 1 aromatic rings. The number of hydrogen-bond acceptors (Lipinski definition) is 4. The Balaban J connectivity index is 3.18. The van der Waals surface area contributed by atoms with E-state index in [2.05, 4.69) is 9.72 Å². The number of aromatic nitrogens is 1. The molecule has 0 spiro atoms. The van der Waals surface area contributed by atoms with Crippen LogP contribution in [0, 0.1) is 0 Å². The van der Waals surface area contributed by atoms with Crippen LogP contribution in [-0.2, 0) is 4.74 Å². The van der Waals surface area contributed by atoms with Crippen molar-refractivity contribution in [3.63, 3.8) is 0 Å². The van der Waals surface area contributed by atoms with Crippen LogP contribution in [0.3, 0.4) is 0 Å². The first kappa shape index (κ1) is 8.32. The maximum Gasteiger partial charge on any atom is 0.343 e. The van der Waals surface area contributed by atoms with Crippen LogP contribution in [0.2, 0.25) is 0 Å². The highest BCUT2D eigenvalue weighted by Crippen LogP contribution is 2.10. The summed E-state index contributed by atoms with van der Waals surface area (Å²) in [5.74, 6) is -1.17. The lowest BCUT2D eigenvalue weighted by molar-refractivity contribution is 0.0596. The molecule has 0 fully saturated rings. The van der Waals surface area contributed by atoms with E-state index in [1.54, 1.807) is 0 Å². The van der Waals surface area contributed by atoms with E-state index in [1.807, 2.05) is 0 Å². The molecule has 0 aliphatic rings. The average molecular weight is 169 g/mol. The molecule has 0 aliphatic heterocycles. The number of carbonyl (C=O) groups excluding carboxylic acids is 1. The number of esters is 1. The molecular formula is C7H7NO4. The average Bonchev–Trinajstić information content (AvgIpc) is 2.03. The van der Waals surface area contributed by atoms with E-state index in [9.17, 15) is 9.59 Å². The van der Waals surface area contributed by atoms with Crippen LogP contribution in [0.4, 0.5) is 0 Å². The molecule has 1 rings (SSSR count). The van der Waals surface area contributed by atoms with Gasteiger partial charge in [0.15, 0.2) is 0 Å². The van der Waals surface area contributed by atoms with Crippen LogP contribution in [0.5, 0.6) is 5.88 Å². The molecule has 5 nitrogen and oxygen atoms in total. The first-order valence-corrected chi connectivity index (χ1v) is 3.15. The van der Waals surface area contributed by atoms with E-state index in [-0.39, 0.29) is 5.56 Å². The third kappa shape index (κ3) is 1.45. The Kier molecular flexibility index (Phi) is 2.14. The van der Waals surface area contributed by atoms with Crippen molar-refractivity contribution in [3.8, 4) is 5.88 Å². The summed E-state index contributed by atoms with van der Waals surface area (Å²) >= 11 is 0. The van der Waals surface area contributed by atoms with Gasteiger partial charge in [0.1, 0.15) is 5.56 Å². The number of rotatable bonds is 1. The van der Waals surface area contributed by atoms with Gasteiger partial charge in [-0.2, -0.15) is 0 Å². The molecule has 1 heterocycles. The van der Waals surface area contributed by atoms with Crippen LogP contribution < -0.4 is 5.56 Å². The van der Waals surface area contributed by atoms with Crippen molar-refractivity contribution in [2.24, 2.45) is 0 Å². The Hall–Kier alpha value is -1.78. The zero-order valence-electron chi connectivity index (χ0n) is 6.33. The summed E-state index contributed by atoms with van der Waals surface area (Å²) in [5, 5.41) is 9.04. The van der Waals surface area contributed by atoms with Gasteiger partial charge in [-0.15, -0.1) is 0 Å². The van der Waals surface area contributed by atoms with Crippen molar-refractivity contribution in [2.45, 2.75) is 0 Å². The van der Waals surface area contributed by atoms with Gasteiger partial charge in [-0.1, -0.05) is 0 Å². The van der Waals surface area contributed by atoms with E-state index in [0.29, 0.717) is 0 Å². The Morgan fingerprint density at radius 3 is 2.75 bits per heavy atom. The van der Waals surface area contributed by atoms with Crippen molar-refractivity contribution in [1.29, 1.82) is 0 Å². The molecule has 0 unspecified atom stereocenters. The summed E-state index contributed by atoms with van der Waals surface area (Å²) in [6, 6.07) is 2.33. The summed E-state index contributed by atoms with van der Waals surface area (Å²) in [7, 11) is 1.19. The quantitative estimate of drug-likeness (QED) is 0.574. The zero-order valence-corrected chi connectivity index (χ0v) is 6.33. The lowest BCUT2D eigenvalue weighted by atomic mass is 10.3. The van der Waals surface area contributed by atoms with Crippen molar-refractivity contribution in [2.75, 3.05) is 7.11 Å². The number of aromatic hydroxyl groups is 1. The number of carbonyl (C=O) groups is 1. The fourth-order valence-corrected chi connectivity index (χ4v) is 0.738. The minimum Gasteiger partial charge on any atom is -0.494 e. The minimum absolute atomic E-state index is 0.0582. The summed E-state index contributed by atoms with van der Waals surface area (Å²) < 4.78 is 4.34. The molecular weight excluding hydrogens is 162 g/mol. The topological polar surface area (TPSA) is 79.4 Å². The molecule has 0 aliphatic carbocycles. The summed E-state index contributed by atoms with van der Waals surface area (Å²) in [5.41, 5.74) is -0.530. The number of aromatic amines is 1. The molecule has 0 bridgehead atoms. The minimum atomic E-state index is -0.691. The third-order valence-electron chi connectivity index (χ3n) is 1.30. The molecule has 5 heteroatoms. The van der Waals surface area contributed by atoms with Crippen LogP contribution in [-0.4, -0.2) is 23.2 Å². The van der Waals surface area contributed by atoms with Crippen molar-refractivity contribution in [1.82, 2.24) is 4.98 Å². The predicted octanol–water partition coefficient (Wildman–Crippen LogP) is -0.133. The summed E-state index contributed by atoms with van der Waals surface area (Å²) in [4.78, 5) is 23.5. The van der Waals surface area contributed by atoms with Crippen LogP contribution >= 0.6 is 0 Å². The smallest absolute Gasteiger partial charge is 0.343 e. The number of ether oxygens (including phenoxy) is 1. The second-order valence-electron chi connectivity index (χ2n) is 2.08. The Morgan fingerprint density at radius 1 is 1.58 bits per heavy atom. The molecule has 0 radical (unpaired) electrons. The second-order valence-corrected chi connectivity index (χ2v) is 2.08. The fraction of sp³-hybridized carbons (Fsp3) is 0.143. The highest BCUT2D eigenvalue weighted by Gasteiger charge is 2.10. The van der Waals surface area contributed by atoms with Crippen LogP contribution in [0.15, 0.2) is 16.9 Å². The lowest BCUT2D eigenvalue weighted by Gasteiger charge is -1.99. The number of H-pyrrole nitrogens is 1. The number of methoxy groups -OCH3 is 1. The van der Waals surface area contributed by atoms with E-state index in [4.69, 9.17) is 5.11 Å². The Bertz CT molecular complexity index is 355. The molecule has 1 aromatic heterocycles. The Morgan fingerprint density at radius 2 is 2.25 bits per heavy atom. The monoisotopic (exact) mass is 169 g/mol.